The first-order chi connectivity index (χ1) is 12.4. The zero-order valence-corrected chi connectivity index (χ0v) is 16.6. The van der Waals surface area contributed by atoms with Crippen molar-refractivity contribution in [1.29, 1.82) is 0 Å². The maximum absolute atomic E-state index is 12.4. The van der Waals surface area contributed by atoms with Crippen LogP contribution in [0.2, 0.25) is 0 Å². The van der Waals surface area contributed by atoms with Crippen molar-refractivity contribution in [2.75, 3.05) is 6.54 Å². The van der Waals surface area contributed by atoms with E-state index in [2.05, 4.69) is 10.0 Å². The van der Waals surface area contributed by atoms with E-state index in [1.54, 1.807) is 0 Å². The van der Waals surface area contributed by atoms with Crippen molar-refractivity contribution in [1.82, 2.24) is 10.0 Å². The molecule has 8 heteroatoms. The standard InChI is InChI=1S/C18H25N3O3S2/c1-3-18(4-2,13-19)21-17(22)14-7-9-16(10-8-14)26(23,24)20-12-15-6-5-11-25-15/h5-11,20H,3-4,12-13,19H2,1-2H3,(H,21,22). The van der Waals surface area contributed by atoms with Gasteiger partial charge in [0, 0.05) is 23.5 Å². The summed E-state index contributed by atoms with van der Waals surface area (Å²) in [5.41, 5.74) is 5.77. The Balaban J connectivity index is 2.08. The summed E-state index contributed by atoms with van der Waals surface area (Å²) in [6, 6.07) is 9.64. The molecule has 142 valence electrons. The number of amides is 1. The fraction of sp³-hybridized carbons (Fsp3) is 0.389. The molecule has 2 aromatic rings. The molecule has 26 heavy (non-hydrogen) atoms. The van der Waals surface area contributed by atoms with Crippen molar-refractivity contribution < 1.29 is 13.2 Å². The van der Waals surface area contributed by atoms with Crippen molar-refractivity contribution in [2.45, 2.75) is 43.7 Å². The minimum absolute atomic E-state index is 0.127. The zero-order chi connectivity index (χ0) is 19.2. The number of carbonyl (C=O) groups is 1. The van der Waals surface area contributed by atoms with Gasteiger partial charge in [-0.2, -0.15) is 0 Å². The van der Waals surface area contributed by atoms with E-state index in [1.807, 2.05) is 31.4 Å². The maximum atomic E-state index is 12.4. The van der Waals surface area contributed by atoms with Gasteiger partial charge in [0.15, 0.2) is 0 Å². The third-order valence-electron chi connectivity index (χ3n) is 4.57. The molecule has 0 aliphatic carbocycles. The van der Waals surface area contributed by atoms with Crippen molar-refractivity contribution in [3.63, 3.8) is 0 Å². The Kier molecular flexibility index (Phi) is 6.94. The van der Waals surface area contributed by atoms with E-state index in [-0.39, 0.29) is 17.3 Å². The molecule has 0 aliphatic rings. The molecule has 6 nitrogen and oxygen atoms in total. The lowest BCUT2D eigenvalue weighted by molar-refractivity contribution is 0.0895. The summed E-state index contributed by atoms with van der Waals surface area (Å²) in [7, 11) is -3.62. The van der Waals surface area contributed by atoms with Crippen molar-refractivity contribution in [2.24, 2.45) is 5.73 Å². The third-order valence-corrected chi connectivity index (χ3v) is 6.86. The highest BCUT2D eigenvalue weighted by Crippen LogP contribution is 2.16. The van der Waals surface area contributed by atoms with Crippen LogP contribution < -0.4 is 15.8 Å². The highest BCUT2D eigenvalue weighted by atomic mass is 32.2. The Bertz CT molecular complexity index is 804. The molecule has 4 N–H and O–H groups in total. The molecule has 1 heterocycles. The van der Waals surface area contributed by atoms with E-state index in [1.165, 1.54) is 35.6 Å². The van der Waals surface area contributed by atoms with Gasteiger partial charge in [-0.15, -0.1) is 11.3 Å². The predicted molar refractivity (Wildman–Crippen MR) is 105 cm³/mol. The number of benzene rings is 1. The van der Waals surface area contributed by atoms with Crippen LogP contribution in [0, 0.1) is 0 Å². The van der Waals surface area contributed by atoms with Gasteiger partial charge in [0.1, 0.15) is 0 Å². The zero-order valence-electron chi connectivity index (χ0n) is 15.0. The normalized spacial score (nSPS) is 12.1. The van der Waals surface area contributed by atoms with Crippen LogP contribution in [0.15, 0.2) is 46.7 Å². The molecule has 1 aromatic carbocycles. The van der Waals surface area contributed by atoms with E-state index in [4.69, 9.17) is 5.73 Å². The number of carbonyl (C=O) groups excluding carboxylic acids is 1. The summed E-state index contributed by atoms with van der Waals surface area (Å²) in [6.45, 7) is 4.55. The van der Waals surface area contributed by atoms with E-state index < -0.39 is 15.6 Å². The first-order valence-corrected chi connectivity index (χ1v) is 10.9. The molecule has 0 aliphatic heterocycles. The maximum Gasteiger partial charge on any atom is 0.251 e. The van der Waals surface area contributed by atoms with Gasteiger partial charge in [-0.25, -0.2) is 13.1 Å². The summed E-state index contributed by atoms with van der Waals surface area (Å²) >= 11 is 1.49. The minimum Gasteiger partial charge on any atom is -0.345 e. The molecule has 1 aromatic heterocycles. The van der Waals surface area contributed by atoms with Gasteiger partial charge in [-0.05, 0) is 48.6 Å². The van der Waals surface area contributed by atoms with Gasteiger partial charge in [-0.1, -0.05) is 19.9 Å². The number of nitrogens with one attached hydrogen (secondary N) is 2. The van der Waals surface area contributed by atoms with Crippen LogP contribution in [-0.2, 0) is 16.6 Å². The molecule has 0 unspecified atom stereocenters. The van der Waals surface area contributed by atoms with Crippen LogP contribution >= 0.6 is 11.3 Å². The van der Waals surface area contributed by atoms with E-state index in [0.29, 0.717) is 12.1 Å². The van der Waals surface area contributed by atoms with Crippen LogP contribution in [0.25, 0.3) is 0 Å². The molecule has 0 saturated carbocycles. The first-order valence-electron chi connectivity index (χ1n) is 8.50. The van der Waals surface area contributed by atoms with Crippen molar-refractivity contribution >= 4 is 27.3 Å². The average Bonchev–Trinajstić information content (AvgIpc) is 3.18. The number of rotatable bonds is 9. The highest BCUT2D eigenvalue weighted by Gasteiger charge is 2.27. The summed E-state index contributed by atoms with van der Waals surface area (Å²) in [6.07, 6.45) is 1.45. The Morgan fingerprint density at radius 1 is 1.15 bits per heavy atom. The number of thiophene rings is 1. The molecule has 0 saturated heterocycles. The largest absolute Gasteiger partial charge is 0.345 e. The van der Waals surface area contributed by atoms with Crippen LogP contribution in [-0.4, -0.2) is 26.4 Å². The summed E-state index contributed by atoms with van der Waals surface area (Å²) in [5, 5.41) is 4.86. The molecule has 0 atom stereocenters. The van der Waals surface area contributed by atoms with E-state index in [0.717, 1.165) is 17.7 Å². The fourth-order valence-electron chi connectivity index (χ4n) is 2.53. The number of sulfonamides is 1. The molecule has 1 amide bonds. The van der Waals surface area contributed by atoms with Crippen LogP contribution in [0.3, 0.4) is 0 Å². The SMILES string of the molecule is CCC(CC)(CN)NC(=O)c1ccc(S(=O)(=O)NCc2cccs2)cc1. The topological polar surface area (TPSA) is 101 Å². The Labute approximate surface area is 158 Å². The quantitative estimate of drug-likeness (QED) is 0.607. The number of nitrogens with two attached hydrogens (primary N) is 1. The average molecular weight is 396 g/mol. The van der Waals surface area contributed by atoms with Gasteiger partial charge in [0.25, 0.3) is 5.91 Å². The van der Waals surface area contributed by atoms with Crippen LogP contribution in [0.4, 0.5) is 0 Å². The second kappa shape index (κ2) is 8.77. The molecule has 0 bridgehead atoms. The lowest BCUT2D eigenvalue weighted by Crippen LogP contribution is -2.52. The van der Waals surface area contributed by atoms with Crippen LogP contribution in [0.1, 0.15) is 41.9 Å². The lowest BCUT2D eigenvalue weighted by Gasteiger charge is -2.31. The minimum atomic E-state index is -3.62. The van der Waals surface area contributed by atoms with Crippen molar-refractivity contribution in [3.8, 4) is 0 Å². The van der Waals surface area contributed by atoms with Gasteiger partial charge in [-0.3, -0.25) is 4.79 Å². The molecule has 0 fully saturated rings. The second-order valence-corrected chi connectivity index (χ2v) is 8.87. The molecule has 0 spiro atoms. The highest BCUT2D eigenvalue weighted by molar-refractivity contribution is 7.89. The summed E-state index contributed by atoms with van der Waals surface area (Å²) in [4.78, 5) is 13.5. The van der Waals surface area contributed by atoms with Gasteiger partial charge in [0.05, 0.1) is 10.4 Å². The summed E-state index contributed by atoms with van der Waals surface area (Å²) in [5.74, 6) is -0.255. The molecule has 2 rings (SSSR count). The third kappa shape index (κ3) is 4.91. The molecular formula is C18H25N3O3S2. The predicted octanol–water partition coefficient (Wildman–Crippen LogP) is 2.47. The first kappa shape index (κ1) is 20.6. The summed E-state index contributed by atoms with van der Waals surface area (Å²) < 4.78 is 27.3. The smallest absolute Gasteiger partial charge is 0.251 e. The second-order valence-electron chi connectivity index (χ2n) is 6.07. The van der Waals surface area contributed by atoms with E-state index in [9.17, 15) is 13.2 Å². The Morgan fingerprint density at radius 3 is 2.31 bits per heavy atom. The monoisotopic (exact) mass is 395 g/mol. The van der Waals surface area contributed by atoms with E-state index >= 15 is 0 Å². The van der Waals surface area contributed by atoms with Crippen LogP contribution in [0.5, 0.6) is 0 Å². The fourth-order valence-corrected chi connectivity index (χ4v) is 4.27. The van der Waals surface area contributed by atoms with Gasteiger partial charge >= 0.3 is 0 Å². The van der Waals surface area contributed by atoms with Gasteiger partial charge < -0.3 is 11.1 Å². The van der Waals surface area contributed by atoms with Gasteiger partial charge in [0.2, 0.25) is 10.0 Å². The Morgan fingerprint density at radius 2 is 1.81 bits per heavy atom. The Hall–Kier alpha value is -1.74. The number of hydrogen-bond donors (Lipinski definition) is 3. The molecule has 0 radical (unpaired) electrons. The van der Waals surface area contributed by atoms with Crippen molar-refractivity contribution in [3.05, 3.63) is 52.2 Å². The molecular weight excluding hydrogens is 370 g/mol. The lowest BCUT2D eigenvalue weighted by atomic mass is 9.92. The number of hydrogen-bond acceptors (Lipinski definition) is 5.